The van der Waals surface area contributed by atoms with E-state index < -0.39 is 11.8 Å². The fourth-order valence-electron chi connectivity index (χ4n) is 1.81. The number of carbonyl (C=O) groups excluding carboxylic acids is 1. The molecular formula is C14H10FN3O3S. The van der Waals surface area contributed by atoms with Crippen LogP contribution in [0.25, 0.3) is 4.96 Å². The van der Waals surface area contributed by atoms with E-state index in [0.717, 1.165) is 0 Å². The first-order valence-corrected chi connectivity index (χ1v) is 7.14. The van der Waals surface area contributed by atoms with Crippen molar-refractivity contribution in [2.75, 3.05) is 0 Å². The maximum atomic E-state index is 12.8. The van der Waals surface area contributed by atoms with Gasteiger partial charge in [-0.05, 0) is 31.2 Å². The van der Waals surface area contributed by atoms with Crippen molar-refractivity contribution in [2.45, 2.75) is 13.5 Å². The smallest absolute Gasteiger partial charge is 0.338 e. The van der Waals surface area contributed by atoms with E-state index in [-0.39, 0.29) is 17.7 Å². The zero-order valence-electron chi connectivity index (χ0n) is 11.4. The molecular weight excluding hydrogens is 309 g/mol. The highest BCUT2D eigenvalue weighted by Gasteiger charge is 2.11. The number of hydrogen-bond acceptors (Lipinski definition) is 6. The number of carbonyl (C=O) groups is 1. The average molecular weight is 319 g/mol. The Morgan fingerprint density at radius 3 is 2.82 bits per heavy atom. The largest absolute Gasteiger partial charge is 0.455 e. The molecule has 0 saturated carbocycles. The van der Waals surface area contributed by atoms with Crippen molar-refractivity contribution < 1.29 is 13.9 Å². The van der Waals surface area contributed by atoms with Crippen molar-refractivity contribution in [3.05, 3.63) is 62.8 Å². The summed E-state index contributed by atoms with van der Waals surface area (Å²) < 4.78 is 19.1. The van der Waals surface area contributed by atoms with Crippen LogP contribution in [-0.4, -0.2) is 20.6 Å². The van der Waals surface area contributed by atoms with Crippen LogP contribution in [0.4, 0.5) is 4.39 Å². The second kappa shape index (κ2) is 5.64. The Balaban J connectivity index is 1.76. The SMILES string of the molecule is Cc1cc(=O)n2nc(COC(=O)c3ccc(F)cc3)sc2n1. The molecule has 22 heavy (non-hydrogen) atoms. The number of halogens is 1. The molecule has 112 valence electrons. The highest BCUT2D eigenvalue weighted by molar-refractivity contribution is 7.16. The van der Waals surface area contributed by atoms with Crippen LogP contribution in [0.5, 0.6) is 0 Å². The average Bonchev–Trinajstić information content (AvgIpc) is 2.89. The number of ether oxygens (including phenoxy) is 1. The lowest BCUT2D eigenvalue weighted by Crippen LogP contribution is -2.14. The Labute approximate surface area is 127 Å². The third-order valence-electron chi connectivity index (χ3n) is 2.82. The fourth-order valence-corrected chi connectivity index (χ4v) is 2.67. The van der Waals surface area contributed by atoms with Crippen molar-refractivity contribution in [3.8, 4) is 0 Å². The molecule has 0 unspecified atom stereocenters. The van der Waals surface area contributed by atoms with Gasteiger partial charge in [0.1, 0.15) is 12.4 Å². The molecule has 0 bridgehead atoms. The number of hydrogen-bond donors (Lipinski definition) is 0. The number of aryl methyl sites for hydroxylation is 1. The lowest BCUT2D eigenvalue weighted by atomic mass is 10.2. The highest BCUT2D eigenvalue weighted by atomic mass is 32.1. The summed E-state index contributed by atoms with van der Waals surface area (Å²) in [6.07, 6.45) is 0. The molecule has 0 atom stereocenters. The maximum Gasteiger partial charge on any atom is 0.338 e. The van der Waals surface area contributed by atoms with E-state index in [9.17, 15) is 14.0 Å². The van der Waals surface area contributed by atoms with E-state index in [1.807, 2.05) is 0 Å². The second-order valence-corrected chi connectivity index (χ2v) is 5.55. The van der Waals surface area contributed by atoms with Crippen molar-refractivity contribution >= 4 is 22.3 Å². The van der Waals surface area contributed by atoms with Gasteiger partial charge < -0.3 is 4.74 Å². The summed E-state index contributed by atoms with van der Waals surface area (Å²) in [6, 6.07) is 6.42. The summed E-state index contributed by atoms with van der Waals surface area (Å²) in [5, 5.41) is 4.51. The number of rotatable bonds is 3. The minimum Gasteiger partial charge on any atom is -0.455 e. The van der Waals surface area contributed by atoms with Gasteiger partial charge in [-0.3, -0.25) is 4.79 Å². The van der Waals surface area contributed by atoms with Gasteiger partial charge in [-0.15, -0.1) is 0 Å². The number of benzene rings is 1. The predicted molar refractivity (Wildman–Crippen MR) is 77.4 cm³/mol. The van der Waals surface area contributed by atoms with Gasteiger partial charge in [-0.2, -0.15) is 9.61 Å². The van der Waals surface area contributed by atoms with E-state index in [0.29, 0.717) is 15.7 Å². The molecule has 0 amide bonds. The summed E-state index contributed by atoms with van der Waals surface area (Å²) in [4.78, 5) is 28.2. The molecule has 0 aliphatic heterocycles. The van der Waals surface area contributed by atoms with Gasteiger partial charge in [0.05, 0.1) is 5.56 Å². The lowest BCUT2D eigenvalue weighted by molar-refractivity contribution is 0.0471. The van der Waals surface area contributed by atoms with E-state index in [1.165, 1.54) is 46.2 Å². The highest BCUT2D eigenvalue weighted by Crippen LogP contribution is 2.13. The Bertz CT molecular complexity index is 902. The first-order chi connectivity index (χ1) is 10.5. The van der Waals surface area contributed by atoms with Crippen LogP contribution < -0.4 is 5.56 Å². The lowest BCUT2D eigenvalue weighted by Gasteiger charge is -2.01. The molecule has 0 aliphatic carbocycles. The second-order valence-electron chi connectivity index (χ2n) is 4.51. The molecule has 3 aromatic rings. The molecule has 0 radical (unpaired) electrons. The fraction of sp³-hybridized carbons (Fsp3) is 0.143. The third kappa shape index (κ3) is 2.86. The number of aromatic nitrogens is 3. The van der Waals surface area contributed by atoms with Gasteiger partial charge in [0, 0.05) is 11.8 Å². The molecule has 0 N–H and O–H groups in total. The Kier molecular flexibility index (Phi) is 3.68. The molecule has 2 heterocycles. The van der Waals surface area contributed by atoms with Crippen LogP contribution in [0.3, 0.4) is 0 Å². The molecule has 6 nitrogen and oxygen atoms in total. The Morgan fingerprint density at radius 2 is 2.09 bits per heavy atom. The van der Waals surface area contributed by atoms with Crippen LogP contribution in [0.1, 0.15) is 21.1 Å². The molecule has 2 aromatic heterocycles. The first kappa shape index (κ1) is 14.3. The first-order valence-electron chi connectivity index (χ1n) is 6.32. The van der Waals surface area contributed by atoms with E-state index in [1.54, 1.807) is 6.92 Å². The van der Waals surface area contributed by atoms with Gasteiger partial charge in [-0.1, -0.05) is 11.3 Å². The molecule has 1 aromatic carbocycles. The summed E-state index contributed by atoms with van der Waals surface area (Å²) >= 11 is 1.17. The summed E-state index contributed by atoms with van der Waals surface area (Å²) in [5.74, 6) is -1.01. The normalized spacial score (nSPS) is 10.8. The summed E-state index contributed by atoms with van der Waals surface area (Å²) in [6.45, 7) is 1.64. The topological polar surface area (TPSA) is 73.6 Å². The van der Waals surface area contributed by atoms with Crippen molar-refractivity contribution in [2.24, 2.45) is 0 Å². The molecule has 0 aliphatic rings. The molecule has 0 spiro atoms. The number of nitrogens with zero attached hydrogens (tertiary/aromatic N) is 3. The van der Waals surface area contributed by atoms with E-state index in [2.05, 4.69) is 10.1 Å². The van der Waals surface area contributed by atoms with Gasteiger partial charge in [0.25, 0.3) is 5.56 Å². The molecule has 0 saturated heterocycles. The molecule has 8 heteroatoms. The minimum absolute atomic E-state index is 0.0806. The van der Waals surface area contributed by atoms with Crippen LogP contribution in [0.15, 0.2) is 35.1 Å². The monoisotopic (exact) mass is 319 g/mol. The van der Waals surface area contributed by atoms with Crippen LogP contribution in [-0.2, 0) is 11.3 Å². The van der Waals surface area contributed by atoms with Crippen LogP contribution in [0.2, 0.25) is 0 Å². The number of esters is 1. The van der Waals surface area contributed by atoms with E-state index >= 15 is 0 Å². The summed E-state index contributed by atoms with van der Waals surface area (Å²) in [7, 11) is 0. The van der Waals surface area contributed by atoms with Gasteiger partial charge in [-0.25, -0.2) is 14.2 Å². The van der Waals surface area contributed by atoms with Crippen molar-refractivity contribution in [3.63, 3.8) is 0 Å². The molecule has 3 rings (SSSR count). The quantitative estimate of drug-likeness (QED) is 0.690. The van der Waals surface area contributed by atoms with Crippen molar-refractivity contribution in [1.29, 1.82) is 0 Å². The van der Waals surface area contributed by atoms with Gasteiger partial charge >= 0.3 is 5.97 Å². The van der Waals surface area contributed by atoms with E-state index in [4.69, 9.17) is 4.74 Å². The van der Waals surface area contributed by atoms with Gasteiger partial charge in [0.15, 0.2) is 5.01 Å². The maximum absolute atomic E-state index is 12.8. The number of fused-ring (bicyclic) bond motifs is 1. The summed E-state index contributed by atoms with van der Waals surface area (Å²) in [5.41, 5.74) is 0.562. The zero-order chi connectivity index (χ0) is 15.7. The van der Waals surface area contributed by atoms with Gasteiger partial charge in [0.2, 0.25) is 4.96 Å². The zero-order valence-corrected chi connectivity index (χ0v) is 12.3. The Hall–Kier alpha value is -2.61. The minimum atomic E-state index is -0.587. The standard InChI is InChI=1S/C14H10FN3O3S/c1-8-6-12(19)18-14(16-8)22-11(17-18)7-21-13(20)9-2-4-10(15)5-3-9/h2-6H,7H2,1H3. The van der Waals surface area contributed by atoms with Crippen molar-refractivity contribution in [1.82, 2.24) is 14.6 Å². The predicted octanol–water partition coefficient (Wildman–Crippen LogP) is 1.96. The Morgan fingerprint density at radius 1 is 1.36 bits per heavy atom. The van der Waals surface area contributed by atoms with Crippen LogP contribution in [0, 0.1) is 12.7 Å². The third-order valence-corrected chi connectivity index (χ3v) is 3.70. The molecule has 0 fully saturated rings. The van der Waals surface area contributed by atoms with Crippen LogP contribution >= 0.6 is 11.3 Å².